The van der Waals surface area contributed by atoms with E-state index in [0.717, 1.165) is 11.1 Å². The van der Waals surface area contributed by atoms with Crippen molar-refractivity contribution in [2.75, 3.05) is 0 Å². The van der Waals surface area contributed by atoms with Gasteiger partial charge in [-0.2, -0.15) is 10.5 Å². The van der Waals surface area contributed by atoms with Gasteiger partial charge < -0.3 is 0 Å². The molecule has 1 radical (unpaired) electrons. The molecule has 0 N–H and O–H groups in total. The highest BCUT2D eigenvalue weighted by Gasteiger charge is 2.06. The second-order valence-electron chi connectivity index (χ2n) is 3.54. The maximum absolute atomic E-state index is 8.99. The molecule has 0 atom stereocenters. The van der Waals surface area contributed by atoms with E-state index in [1.54, 1.807) is 12.1 Å². The van der Waals surface area contributed by atoms with Crippen LogP contribution in [0.15, 0.2) is 48.5 Å². The fourth-order valence-electron chi connectivity index (χ4n) is 1.62. The summed E-state index contributed by atoms with van der Waals surface area (Å²) >= 11 is 0. The van der Waals surface area contributed by atoms with E-state index in [-0.39, 0.29) is 0 Å². The minimum Gasteiger partial charge on any atom is -0.192 e. The summed E-state index contributed by atoms with van der Waals surface area (Å²) in [6, 6.07) is 18.9. The summed E-state index contributed by atoms with van der Waals surface area (Å²) in [5.74, 6) is 0. The van der Waals surface area contributed by atoms with Gasteiger partial charge in [-0.1, -0.05) is 36.4 Å². The van der Waals surface area contributed by atoms with Crippen LogP contribution in [0.4, 0.5) is 0 Å². The number of hydrogen-bond acceptors (Lipinski definition) is 2. The van der Waals surface area contributed by atoms with Gasteiger partial charge in [0.2, 0.25) is 0 Å². The summed E-state index contributed by atoms with van der Waals surface area (Å²) in [6.45, 7) is 0. The van der Waals surface area contributed by atoms with Crippen LogP contribution in [0.1, 0.15) is 22.3 Å². The van der Waals surface area contributed by atoms with Gasteiger partial charge in [0.05, 0.1) is 23.3 Å². The fraction of sp³-hybridized carbons (Fsp3) is 0. The van der Waals surface area contributed by atoms with Crippen LogP contribution in [0.25, 0.3) is 0 Å². The molecule has 0 bridgehead atoms. The van der Waals surface area contributed by atoms with Gasteiger partial charge in [0, 0.05) is 6.42 Å². The van der Waals surface area contributed by atoms with Gasteiger partial charge in [-0.3, -0.25) is 0 Å². The van der Waals surface area contributed by atoms with Crippen molar-refractivity contribution in [3.05, 3.63) is 77.2 Å². The molecule has 2 nitrogen and oxygen atoms in total. The molecular weight excluding hydrogens is 208 g/mol. The zero-order valence-electron chi connectivity index (χ0n) is 9.09. The van der Waals surface area contributed by atoms with E-state index in [4.69, 9.17) is 10.5 Å². The molecule has 2 aromatic rings. The van der Waals surface area contributed by atoms with Crippen molar-refractivity contribution >= 4 is 0 Å². The molecule has 0 amide bonds. The Kier molecular flexibility index (Phi) is 3.19. The second-order valence-corrected chi connectivity index (χ2v) is 3.54. The van der Waals surface area contributed by atoms with Crippen LogP contribution in [-0.2, 0) is 0 Å². The Bertz CT molecular complexity index is 560. The van der Waals surface area contributed by atoms with Crippen LogP contribution >= 0.6 is 0 Å². The number of hydrogen-bond donors (Lipinski definition) is 0. The van der Waals surface area contributed by atoms with Gasteiger partial charge in [-0.05, 0) is 23.3 Å². The molecule has 0 spiro atoms. The zero-order chi connectivity index (χ0) is 12.1. The van der Waals surface area contributed by atoms with E-state index in [1.807, 2.05) is 42.8 Å². The average molecular weight is 217 g/mol. The summed E-state index contributed by atoms with van der Waals surface area (Å²) in [4.78, 5) is 0. The Morgan fingerprint density at radius 2 is 1.12 bits per heavy atom. The largest absolute Gasteiger partial charge is 0.192 e. The molecule has 0 aromatic heterocycles. The summed E-state index contributed by atoms with van der Waals surface area (Å²) in [7, 11) is 0. The van der Waals surface area contributed by atoms with Gasteiger partial charge in [0.1, 0.15) is 0 Å². The SMILES string of the molecule is N#Cc1ccccc1[CH]c1ccccc1C#N. The maximum Gasteiger partial charge on any atom is 0.0994 e. The van der Waals surface area contributed by atoms with Crippen LogP contribution in [0, 0.1) is 29.1 Å². The van der Waals surface area contributed by atoms with Crippen molar-refractivity contribution in [1.82, 2.24) is 0 Å². The first-order valence-corrected chi connectivity index (χ1v) is 5.18. The van der Waals surface area contributed by atoms with Crippen molar-refractivity contribution in [2.24, 2.45) is 0 Å². The van der Waals surface area contributed by atoms with E-state index >= 15 is 0 Å². The maximum atomic E-state index is 8.99. The zero-order valence-corrected chi connectivity index (χ0v) is 9.09. The number of rotatable bonds is 2. The normalized spacial score (nSPS) is 9.29. The Labute approximate surface area is 100 Å². The molecule has 2 rings (SSSR count). The predicted octanol–water partition coefficient (Wildman–Crippen LogP) is 3.03. The summed E-state index contributed by atoms with van der Waals surface area (Å²) in [6.07, 6.45) is 1.86. The van der Waals surface area contributed by atoms with Gasteiger partial charge in [0.25, 0.3) is 0 Å². The van der Waals surface area contributed by atoms with Crippen LogP contribution in [0.5, 0.6) is 0 Å². The predicted molar refractivity (Wildman–Crippen MR) is 64.8 cm³/mol. The molecule has 0 fully saturated rings. The van der Waals surface area contributed by atoms with Gasteiger partial charge >= 0.3 is 0 Å². The topological polar surface area (TPSA) is 47.6 Å². The highest BCUT2D eigenvalue weighted by Crippen LogP contribution is 2.18. The summed E-state index contributed by atoms with van der Waals surface area (Å²) < 4.78 is 0. The van der Waals surface area contributed by atoms with E-state index in [0.29, 0.717) is 11.1 Å². The van der Waals surface area contributed by atoms with Crippen LogP contribution < -0.4 is 0 Å². The molecule has 0 saturated heterocycles. The lowest BCUT2D eigenvalue weighted by molar-refractivity contribution is 1.36. The quantitative estimate of drug-likeness (QED) is 0.776. The van der Waals surface area contributed by atoms with Crippen LogP contribution in [-0.4, -0.2) is 0 Å². The third-order valence-electron chi connectivity index (χ3n) is 2.47. The van der Waals surface area contributed by atoms with Crippen molar-refractivity contribution in [3.8, 4) is 12.1 Å². The van der Waals surface area contributed by atoms with Crippen molar-refractivity contribution < 1.29 is 0 Å². The third kappa shape index (κ3) is 2.33. The molecule has 17 heavy (non-hydrogen) atoms. The molecule has 0 unspecified atom stereocenters. The smallest absolute Gasteiger partial charge is 0.0994 e. The minimum atomic E-state index is 0.611. The highest BCUT2D eigenvalue weighted by atomic mass is 14.3. The molecule has 0 aliphatic carbocycles. The average Bonchev–Trinajstić information content (AvgIpc) is 2.40. The molecule has 0 saturated carbocycles. The highest BCUT2D eigenvalue weighted by molar-refractivity contribution is 5.51. The molecule has 79 valence electrons. The molecule has 2 aromatic carbocycles. The second kappa shape index (κ2) is 4.96. The number of benzene rings is 2. The molecule has 0 aliphatic heterocycles. The molecule has 2 heteroatoms. The van der Waals surface area contributed by atoms with Crippen LogP contribution in [0.2, 0.25) is 0 Å². The number of nitrogens with zero attached hydrogens (tertiary/aromatic N) is 2. The minimum absolute atomic E-state index is 0.611. The Hall–Kier alpha value is -2.58. The third-order valence-corrected chi connectivity index (χ3v) is 2.47. The van der Waals surface area contributed by atoms with Gasteiger partial charge in [-0.25, -0.2) is 0 Å². The Balaban J connectivity index is 2.40. The first-order chi connectivity index (χ1) is 8.35. The van der Waals surface area contributed by atoms with Crippen molar-refractivity contribution in [3.63, 3.8) is 0 Å². The van der Waals surface area contributed by atoms with Crippen LogP contribution in [0.3, 0.4) is 0 Å². The standard InChI is InChI=1S/C15H9N2/c16-10-14-7-3-1-5-12(14)9-13-6-2-4-8-15(13)11-17/h1-9H. The molecule has 0 aliphatic rings. The van der Waals surface area contributed by atoms with Gasteiger partial charge in [-0.15, -0.1) is 0 Å². The first kappa shape index (κ1) is 10.9. The molecular formula is C15H9N2. The summed E-state index contributed by atoms with van der Waals surface area (Å²) in [5.41, 5.74) is 2.89. The Morgan fingerprint density at radius 1 is 0.706 bits per heavy atom. The first-order valence-electron chi connectivity index (χ1n) is 5.18. The molecule has 0 heterocycles. The van der Waals surface area contributed by atoms with E-state index < -0.39 is 0 Å². The van der Waals surface area contributed by atoms with Crippen molar-refractivity contribution in [1.29, 1.82) is 10.5 Å². The van der Waals surface area contributed by atoms with Gasteiger partial charge in [0.15, 0.2) is 0 Å². The van der Waals surface area contributed by atoms with Crippen molar-refractivity contribution in [2.45, 2.75) is 0 Å². The van der Waals surface area contributed by atoms with E-state index in [1.165, 1.54) is 0 Å². The van der Waals surface area contributed by atoms with E-state index in [2.05, 4.69) is 12.1 Å². The lowest BCUT2D eigenvalue weighted by Gasteiger charge is -2.04. The fourth-order valence-corrected chi connectivity index (χ4v) is 1.62. The Morgan fingerprint density at radius 3 is 1.53 bits per heavy atom. The number of nitriles is 2. The monoisotopic (exact) mass is 217 g/mol. The lowest BCUT2D eigenvalue weighted by Crippen LogP contribution is -1.92. The summed E-state index contributed by atoms with van der Waals surface area (Å²) in [5, 5.41) is 18.0. The van der Waals surface area contributed by atoms with E-state index in [9.17, 15) is 0 Å². The lowest BCUT2D eigenvalue weighted by atomic mass is 9.97.